The van der Waals surface area contributed by atoms with Crippen LogP contribution < -0.4 is 0 Å². The number of rotatable bonds is 3. The molecule has 0 atom stereocenters. The molecule has 0 saturated heterocycles. The summed E-state index contributed by atoms with van der Waals surface area (Å²) in [6, 6.07) is 23.2. The quantitative estimate of drug-likeness (QED) is 0.553. The second-order valence-electron chi connectivity index (χ2n) is 5.53. The number of oxazole rings is 1. The van der Waals surface area contributed by atoms with E-state index in [0.29, 0.717) is 5.89 Å². The predicted molar refractivity (Wildman–Crippen MR) is 96.5 cm³/mol. The number of phenolic OH excluding ortho intramolecular Hbond substituents is 1. The molecule has 24 heavy (non-hydrogen) atoms. The lowest BCUT2D eigenvalue weighted by molar-refractivity contribution is 0.475. The molecule has 0 bridgehead atoms. The Kier molecular flexibility index (Phi) is 3.60. The van der Waals surface area contributed by atoms with Crippen LogP contribution in [0, 0.1) is 0 Å². The van der Waals surface area contributed by atoms with E-state index in [1.165, 1.54) is 0 Å². The number of fused-ring (bicyclic) bond motifs is 1. The lowest BCUT2D eigenvalue weighted by Crippen LogP contribution is -1.77. The van der Waals surface area contributed by atoms with E-state index >= 15 is 0 Å². The third-order valence-electron chi connectivity index (χ3n) is 3.80. The van der Waals surface area contributed by atoms with Crippen LogP contribution in [0.1, 0.15) is 11.5 Å². The Balaban J connectivity index is 1.66. The molecule has 4 aromatic rings. The van der Waals surface area contributed by atoms with Crippen molar-refractivity contribution in [3.8, 4) is 16.9 Å². The first-order valence-corrected chi connectivity index (χ1v) is 7.71. The average molecular weight is 313 g/mol. The van der Waals surface area contributed by atoms with Gasteiger partial charge >= 0.3 is 0 Å². The predicted octanol–water partition coefficient (Wildman–Crippen LogP) is 5.37. The Morgan fingerprint density at radius 3 is 2.50 bits per heavy atom. The van der Waals surface area contributed by atoms with E-state index < -0.39 is 0 Å². The minimum absolute atomic E-state index is 0.238. The number of phenols is 1. The molecule has 0 spiro atoms. The van der Waals surface area contributed by atoms with Crippen LogP contribution in [0.15, 0.2) is 77.2 Å². The molecule has 0 saturated carbocycles. The number of aromatic nitrogens is 1. The first kappa shape index (κ1) is 14.3. The summed E-state index contributed by atoms with van der Waals surface area (Å²) in [6.07, 6.45) is 3.67. The van der Waals surface area contributed by atoms with Crippen LogP contribution in [0.25, 0.3) is 34.4 Å². The lowest BCUT2D eigenvalue weighted by Gasteiger charge is -1.99. The van der Waals surface area contributed by atoms with E-state index in [1.54, 1.807) is 24.3 Å². The Hall–Kier alpha value is -3.33. The van der Waals surface area contributed by atoms with Crippen molar-refractivity contribution in [2.24, 2.45) is 0 Å². The topological polar surface area (TPSA) is 46.3 Å². The Morgan fingerprint density at radius 2 is 1.67 bits per heavy atom. The van der Waals surface area contributed by atoms with E-state index in [4.69, 9.17) is 4.42 Å². The van der Waals surface area contributed by atoms with Crippen LogP contribution in [0.2, 0.25) is 0 Å². The van der Waals surface area contributed by atoms with Crippen molar-refractivity contribution in [3.05, 3.63) is 84.3 Å². The maximum absolute atomic E-state index is 9.49. The van der Waals surface area contributed by atoms with Gasteiger partial charge in [-0.15, -0.1) is 0 Å². The zero-order valence-electron chi connectivity index (χ0n) is 12.9. The molecule has 0 radical (unpaired) electrons. The van der Waals surface area contributed by atoms with Gasteiger partial charge in [-0.25, -0.2) is 4.98 Å². The fraction of sp³-hybridized carbons (Fsp3) is 0. The Labute approximate surface area is 139 Å². The van der Waals surface area contributed by atoms with Gasteiger partial charge in [0.2, 0.25) is 5.89 Å². The highest BCUT2D eigenvalue weighted by Gasteiger charge is 2.05. The van der Waals surface area contributed by atoms with Gasteiger partial charge in [0.05, 0.1) is 0 Å². The van der Waals surface area contributed by atoms with Gasteiger partial charge in [-0.3, -0.25) is 0 Å². The van der Waals surface area contributed by atoms with E-state index in [-0.39, 0.29) is 5.75 Å². The van der Waals surface area contributed by atoms with E-state index in [1.807, 2.05) is 48.5 Å². The molecule has 1 aromatic heterocycles. The lowest BCUT2D eigenvalue weighted by atomic mass is 10.1. The zero-order chi connectivity index (χ0) is 16.4. The number of hydrogen-bond acceptors (Lipinski definition) is 3. The highest BCUT2D eigenvalue weighted by atomic mass is 16.3. The third kappa shape index (κ3) is 2.92. The van der Waals surface area contributed by atoms with Gasteiger partial charge in [-0.2, -0.15) is 0 Å². The number of hydrogen-bond donors (Lipinski definition) is 1. The van der Waals surface area contributed by atoms with E-state index in [9.17, 15) is 5.11 Å². The van der Waals surface area contributed by atoms with Gasteiger partial charge < -0.3 is 9.52 Å². The smallest absolute Gasteiger partial charge is 0.220 e. The van der Waals surface area contributed by atoms with Gasteiger partial charge in [0.25, 0.3) is 0 Å². The standard InChI is InChI=1S/C21H15NO2/c23-18-8-4-5-15(13-18)9-12-21-22-19-14-17(10-11-20(19)24-21)16-6-2-1-3-7-16/h1-14,23H. The van der Waals surface area contributed by atoms with Crippen LogP contribution in [0.5, 0.6) is 5.75 Å². The fourth-order valence-corrected chi connectivity index (χ4v) is 2.62. The highest BCUT2D eigenvalue weighted by molar-refractivity contribution is 5.82. The van der Waals surface area contributed by atoms with Crippen molar-refractivity contribution in [2.75, 3.05) is 0 Å². The van der Waals surface area contributed by atoms with Crippen molar-refractivity contribution < 1.29 is 9.52 Å². The Morgan fingerprint density at radius 1 is 0.792 bits per heavy atom. The van der Waals surface area contributed by atoms with Crippen LogP contribution in [0.4, 0.5) is 0 Å². The summed E-state index contributed by atoms with van der Waals surface area (Å²) < 4.78 is 5.75. The molecular formula is C21H15NO2. The average Bonchev–Trinajstić information content (AvgIpc) is 3.03. The summed E-state index contributed by atoms with van der Waals surface area (Å²) in [6.45, 7) is 0. The molecule has 4 rings (SSSR count). The summed E-state index contributed by atoms with van der Waals surface area (Å²) in [4.78, 5) is 4.52. The highest BCUT2D eigenvalue weighted by Crippen LogP contribution is 2.25. The van der Waals surface area contributed by atoms with Gasteiger partial charge in [-0.05, 0) is 47.0 Å². The molecule has 3 aromatic carbocycles. The number of benzene rings is 3. The fourth-order valence-electron chi connectivity index (χ4n) is 2.62. The molecule has 1 heterocycles. The minimum Gasteiger partial charge on any atom is -0.508 e. The molecular weight excluding hydrogens is 298 g/mol. The molecule has 3 nitrogen and oxygen atoms in total. The second kappa shape index (κ2) is 6.05. The van der Waals surface area contributed by atoms with Crippen molar-refractivity contribution in [1.29, 1.82) is 0 Å². The summed E-state index contributed by atoms with van der Waals surface area (Å²) in [5.74, 6) is 0.778. The van der Waals surface area contributed by atoms with Crippen molar-refractivity contribution >= 4 is 23.3 Å². The molecule has 0 aliphatic rings. The Bertz CT molecular complexity index is 1020. The maximum atomic E-state index is 9.49. The SMILES string of the molecule is Oc1cccc(C=Cc2nc3cc(-c4ccccc4)ccc3o2)c1. The molecule has 116 valence electrons. The van der Waals surface area contributed by atoms with Gasteiger partial charge in [-0.1, -0.05) is 48.5 Å². The van der Waals surface area contributed by atoms with E-state index in [2.05, 4.69) is 17.1 Å². The van der Waals surface area contributed by atoms with E-state index in [0.717, 1.165) is 27.8 Å². The van der Waals surface area contributed by atoms with Crippen LogP contribution in [0.3, 0.4) is 0 Å². The van der Waals surface area contributed by atoms with Crippen molar-refractivity contribution in [2.45, 2.75) is 0 Å². The van der Waals surface area contributed by atoms with Crippen molar-refractivity contribution in [1.82, 2.24) is 4.98 Å². The van der Waals surface area contributed by atoms with Gasteiger partial charge in [0, 0.05) is 6.08 Å². The van der Waals surface area contributed by atoms with Crippen LogP contribution in [-0.2, 0) is 0 Å². The molecule has 0 aliphatic carbocycles. The normalized spacial score (nSPS) is 11.3. The van der Waals surface area contributed by atoms with Crippen LogP contribution >= 0.6 is 0 Å². The third-order valence-corrected chi connectivity index (χ3v) is 3.80. The van der Waals surface area contributed by atoms with Crippen LogP contribution in [-0.4, -0.2) is 10.1 Å². The minimum atomic E-state index is 0.238. The monoisotopic (exact) mass is 313 g/mol. The molecule has 1 N–H and O–H groups in total. The number of nitrogens with zero attached hydrogens (tertiary/aromatic N) is 1. The zero-order valence-corrected chi connectivity index (χ0v) is 12.9. The summed E-state index contributed by atoms with van der Waals surface area (Å²) >= 11 is 0. The second-order valence-corrected chi connectivity index (χ2v) is 5.53. The molecule has 0 unspecified atom stereocenters. The number of aromatic hydroxyl groups is 1. The van der Waals surface area contributed by atoms with Gasteiger partial charge in [0.15, 0.2) is 5.58 Å². The molecule has 0 fully saturated rings. The van der Waals surface area contributed by atoms with Crippen molar-refractivity contribution in [3.63, 3.8) is 0 Å². The maximum Gasteiger partial charge on any atom is 0.220 e. The van der Waals surface area contributed by atoms with Gasteiger partial charge in [0.1, 0.15) is 11.3 Å². The molecule has 0 amide bonds. The largest absolute Gasteiger partial charge is 0.508 e. The first-order valence-electron chi connectivity index (χ1n) is 7.71. The summed E-state index contributed by atoms with van der Waals surface area (Å²) in [5.41, 5.74) is 4.73. The summed E-state index contributed by atoms with van der Waals surface area (Å²) in [5, 5.41) is 9.49. The first-order chi connectivity index (χ1) is 11.8. The summed E-state index contributed by atoms with van der Waals surface area (Å²) in [7, 11) is 0. The molecule has 3 heteroatoms. The molecule has 0 aliphatic heterocycles.